The topological polar surface area (TPSA) is 72.8 Å². The summed E-state index contributed by atoms with van der Waals surface area (Å²) in [4.78, 5) is 15.2. The zero-order valence-electron chi connectivity index (χ0n) is 15.1. The van der Waals surface area contributed by atoms with Gasteiger partial charge >= 0.3 is 0 Å². The number of amides is 1. The Morgan fingerprint density at radius 3 is 2.38 bits per heavy atom. The number of rotatable bonds is 6. The number of carbonyl (C=O) groups excluding carboxylic acids is 1. The molecule has 0 saturated carbocycles. The average Bonchev–Trinajstić information content (AvgIpc) is 3.16. The largest absolute Gasteiger partial charge is 0.504 e. The van der Waals surface area contributed by atoms with Gasteiger partial charge in [-0.15, -0.1) is 0 Å². The van der Waals surface area contributed by atoms with Gasteiger partial charge in [0.2, 0.25) is 5.91 Å². The van der Waals surface area contributed by atoms with Crippen LogP contribution in [-0.4, -0.2) is 40.7 Å². The van der Waals surface area contributed by atoms with Gasteiger partial charge in [-0.25, -0.2) is 0 Å². The van der Waals surface area contributed by atoms with Gasteiger partial charge in [0, 0.05) is 6.54 Å². The van der Waals surface area contributed by atoms with Crippen molar-refractivity contribution in [3.8, 4) is 11.5 Å². The Morgan fingerprint density at radius 2 is 1.73 bits per heavy atom. The average molecular weight is 354 g/mol. The summed E-state index contributed by atoms with van der Waals surface area (Å²) in [7, 11) is 0. The molecule has 1 amide bonds. The van der Waals surface area contributed by atoms with Crippen LogP contribution < -0.4 is 5.32 Å². The zero-order valence-corrected chi connectivity index (χ0v) is 15.1. The fourth-order valence-electron chi connectivity index (χ4n) is 3.40. The molecule has 5 heteroatoms. The molecule has 5 nitrogen and oxygen atoms in total. The maximum absolute atomic E-state index is 12.8. The number of hydrogen-bond donors (Lipinski definition) is 3. The van der Waals surface area contributed by atoms with E-state index in [4.69, 9.17) is 0 Å². The molecule has 1 fully saturated rings. The van der Waals surface area contributed by atoms with Gasteiger partial charge < -0.3 is 20.4 Å². The van der Waals surface area contributed by atoms with Crippen molar-refractivity contribution in [1.29, 1.82) is 0 Å². The Morgan fingerprint density at radius 1 is 1.04 bits per heavy atom. The van der Waals surface area contributed by atoms with Crippen molar-refractivity contribution in [2.45, 2.75) is 31.7 Å². The number of likely N-dealkylation sites (tertiary alicyclic amines) is 1. The molecule has 1 aliphatic rings. The van der Waals surface area contributed by atoms with Crippen molar-refractivity contribution in [2.75, 3.05) is 19.6 Å². The molecule has 1 aliphatic heterocycles. The van der Waals surface area contributed by atoms with Gasteiger partial charge in [-0.3, -0.25) is 4.79 Å². The van der Waals surface area contributed by atoms with Crippen LogP contribution in [0.2, 0.25) is 0 Å². The van der Waals surface area contributed by atoms with Crippen molar-refractivity contribution in [1.82, 2.24) is 10.2 Å². The SMILES string of the molecule is CC(C(=O)NC(CN1CCCC1)c1ccccc1)c1ccc(O)c(O)c1. The van der Waals surface area contributed by atoms with Crippen LogP contribution >= 0.6 is 0 Å². The zero-order chi connectivity index (χ0) is 18.5. The summed E-state index contributed by atoms with van der Waals surface area (Å²) in [6.07, 6.45) is 2.41. The molecular formula is C21H26N2O3. The van der Waals surface area contributed by atoms with Crippen LogP contribution in [-0.2, 0) is 4.79 Å². The first-order valence-electron chi connectivity index (χ1n) is 9.14. The number of hydrogen-bond acceptors (Lipinski definition) is 4. The Kier molecular flexibility index (Phi) is 5.78. The molecule has 0 radical (unpaired) electrons. The molecule has 1 heterocycles. The summed E-state index contributed by atoms with van der Waals surface area (Å²) in [6.45, 7) is 4.74. The molecule has 3 rings (SSSR count). The van der Waals surface area contributed by atoms with E-state index in [1.807, 2.05) is 30.3 Å². The van der Waals surface area contributed by atoms with Crippen LogP contribution in [0.25, 0.3) is 0 Å². The lowest BCUT2D eigenvalue weighted by Crippen LogP contribution is -2.38. The highest BCUT2D eigenvalue weighted by atomic mass is 16.3. The van der Waals surface area contributed by atoms with E-state index in [1.165, 1.54) is 25.0 Å². The fraction of sp³-hybridized carbons (Fsp3) is 0.381. The van der Waals surface area contributed by atoms with Crippen LogP contribution in [0.15, 0.2) is 48.5 Å². The second-order valence-electron chi connectivity index (χ2n) is 6.95. The quantitative estimate of drug-likeness (QED) is 0.697. The van der Waals surface area contributed by atoms with Crippen molar-refractivity contribution in [2.24, 2.45) is 0 Å². The van der Waals surface area contributed by atoms with Crippen LogP contribution in [0.3, 0.4) is 0 Å². The third-order valence-corrected chi connectivity index (χ3v) is 5.05. The van der Waals surface area contributed by atoms with Crippen molar-refractivity contribution in [3.63, 3.8) is 0 Å². The third-order valence-electron chi connectivity index (χ3n) is 5.05. The number of benzene rings is 2. The predicted octanol–water partition coefficient (Wildman–Crippen LogP) is 3.15. The molecule has 0 aromatic heterocycles. The second-order valence-corrected chi connectivity index (χ2v) is 6.95. The highest BCUT2D eigenvalue weighted by molar-refractivity contribution is 5.83. The lowest BCUT2D eigenvalue weighted by molar-refractivity contribution is -0.123. The molecule has 2 unspecified atom stereocenters. The smallest absolute Gasteiger partial charge is 0.227 e. The van der Waals surface area contributed by atoms with Gasteiger partial charge in [0.15, 0.2) is 11.5 Å². The van der Waals surface area contributed by atoms with E-state index in [1.54, 1.807) is 13.0 Å². The maximum Gasteiger partial charge on any atom is 0.227 e. The minimum atomic E-state index is -0.425. The molecule has 26 heavy (non-hydrogen) atoms. The van der Waals surface area contributed by atoms with Crippen LogP contribution in [0, 0.1) is 0 Å². The molecule has 0 spiro atoms. The predicted molar refractivity (Wildman–Crippen MR) is 101 cm³/mol. The van der Waals surface area contributed by atoms with E-state index < -0.39 is 5.92 Å². The van der Waals surface area contributed by atoms with Gasteiger partial charge in [0.1, 0.15) is 0 Å². The molecule has 1 saturated heterocycles. The number of phenols is 2. The van der Waals surface area contributed by atoms with Gasteiger partial charge in [-0.1, -0.05) is 36.4 Å². The Balaban J connectivity index is 1.74. The van der Waals surface area contributed by atoms with E-state index in [2.05, 4.69) is 10.2 Å². The first kappa shape index (κ1) is 18.3. The highest BCUT2D eigenvalue weighted by Gasteiger charge is 2.24. The molecular weight excluding hydrogens is 328 g/mol. The summed E-state index contributed by atoms with van der Waals surface area (Å²) in [5.74, 6) is -0.911. The second kappa shape index (κ2) is 8.23. The molecule has 3 N–H and O–H groups in total. The van der Waals surface area contributed by atoms with Gasteiger partial charge in [0.25, 0.3) is 0 Å². The lowest BCUT2D eigenvalue weighted by Gasteiger charge is -2.26. The summed E-state index contributed by atoms with van der Waals surface area (Å²) in [5.41, 5.74) is 1.76. The van der Waals surface area contributed by atoms with Crippen molar-refractivity contribution >= 4 is 5.91 Å². The summed E-state index contributed by atoms with van der Waals surface area (Å²) >= 11 is 0. The van der Waals surface area contributed by atoms with Crippen LogP contribution in [0.1, 0.15) is 42.9 Å². The standard InChI is InChI=1S/C21H26N2O3/c1-15(17-9-10-19(24)20(25)13-17)21(26)22-18(14-23-11-5-6-12-23)16-7-3-2-4-8-16/h2-4,7-10,13,15,18,24-25H,5-6,11-12,14H2,1H3,(H,22,26). The normalized spacial score (nSPS) is 17.0. The van der Waals surface area contributed by atoms with E-state index >= 15 is 0 Å². The molecule has 2 aromatic rings. The van der Waals surface area contributed by atoms with Crippen LogP contribution in [0.4, 0.5) is 0 Å². The van der Waals surface area contributed by atoms with E-state index in [-0.39, 0.29) is 23.4 Å². The number of phenolic OH excluding ortho intramolecular Hbond substituents is 2. The molecule has 138 valence electrons. The number of carbonyl (C=O) groups is 1. The van der Waals surface area contributed by atoms with Crippen molar-refractivity contribution < 1.29 is 15.0 Å². The molecule has 2 aromatic carbocycles. The van der Waals surface area contributed by atoms with E-state index in [0.29, 0.717) is 5.56 Å². The Hall–Kier alpha value is -2.53. The minimum absolute atomic E-state index is 0.0741. The number of nitrogens with one attached hydrogen (secondary N) is 1. The summed E-state index contributed by atoms with van der Waals surface area (Å²) in [5, 5.41) is 22.3. The molecule has 2 atom stereocenters. The fourth-order valence-corrected chi connectivity index (χ4v) is 3.40. The highest BCUT2D eigenvalue weighted by Crippen LogP contribution is 2.29. The van der Waals surface area contributed by atoms with Gasteiger partial charge in [0.05, 0.1) is 12.0 Å². The first-order valence-corrected chi connectivity index (χ1v) is 9.14. The van der Waals surface area contributed by atoms with Crippen LogP contribution in [0.5, 0.6) is 11.5 Å². The summed E-state index contributed by atoms with van der Waals surface area (Å²) in [6, 6.07) is 14.5. The lowest BCUT2D eigenvalue weighted by atomic mass is 9.98. The first-order chi connectivity index (χ1) is 12.5. The van der Waals surface area contributed by atoms with E-state index in [0.717, 1.165) is 25.2 Å². The third kappa shape index (κ3) is 4.35. The number of aromatic hydroxyl groups is 2. The van der Waals surface area contributed by atoms with Gasteiger partial charge in [-0.2, -0.15) is 0 Å². The van der Waals surface area contributed by atoms with E-state index in [9.17, 15) is 15.0 Å². The maximum atomic E-state index is 12.8. The van der Waals surface area contributed by atoms with Crippen molar-refractivity contribution in [3.05, 3.63) is 59.7 Å². The number of nitrogens with zero attached hydrogens (tertiary/aromatic N) is 1. The molecule has 0 aliphatic carbocycles. The Bertz CT molecular complexity index is 742. The minimum Gasteiger partial charge on any atom is -0.504 e. The molecule has 0 bridgehead atoms. The monoisotopic (exact) mass is 354 g/mol. The Labute approximate surface area is 154 Å². The summed E-state index contributed by atoms with van der Waals surface area (Å²) < 4.78 is 0. The van der Waals surface area contributed by atoms with Gasteiger partial charge in [-0.05, 0) is 56.1 Å².